The second-order valence-electron chi connectivity index (χ2n) is 4.50. The summed E-state index contributed by atoms with van der Waals surface area (Å²) in [6.45, 7) is 0.139. The summed E-state index contributed by atoms with van der Waals surface area (Å²) in [6.07, 6.45) is 0.0180. The highest BCUT2D eigenvalue weighted by atomic mass is 35.5. The lowest BCUT2D eigenvalue weighted by atomic mass is 9.97. The van der Waals surface area contributed by atoms with Crippen LogP contribution in [0, 0.1) is 5.82 Å². The average molecular weight is 311 g/mol. The van der Waals surface area contributed by atoms with Crippen molar-refractivity contribution in [2.75, 3.05) is 13.1 Å². The van der Waals surface area contributed by atoms with Crippen molar-refractivity contribution in [3.05, 3.63) is 35.6 Å². The summed E-state index contributed by atoms with van der Waals surface area (Å²) in [5, 5.41) is 2.13. The van der Waals surface area contributed by atoms with Crippen molar-refractivity contribution in [1.82, 2.24) is 5.32 Å². The molecule has 1 aromatic rings. The molecule has 1 atom stereocenters. The molecule has 0 aromatic heterocycles. The summed E-state index contributed by atoms with van der Waals surface area (Å²) in [7, 11) is 0. The Bertz CT molecular complexity index is 443. The minimum absolute atomic E-state index is 0. The van der Waals surface area contributed by atoms with Gasteiger partial charge in [-0.1, -0.05) is 19.1 Å². The number of amides is 1. The minimum Gasteiger partial charge on any atom is -0.350 e. The van der Waals surface area contributed by atoms with Gasteiger partial charge in [0.25, 0.3) is 5.92 Å². The molecule has 3 N–H and O–H groups in total. The zero-order chi connectivity index (χ0) is 14.5. The lowest BCUT2D eigenvalue weighted by Gasteiger charge is -2.16. The Morgan fingerprint density at radius 2 is 2.10 bits per heavy atom. The van der Waals surface area contributed by atoms with Gasteiger partial charge in [-0.15, -0.1) is 12.4 Å². The van der Waals surface area contributed by atoms with Gasteiger partial charge in [0, 0.05) is 6.42 Å². The zero-order valence-electron chi connectivity index (χ0n) is 11.0. The predicted molar refractivity (Wildman–Crippen MR) is 73.7 cm³/mol. The summed E-state index contributed by atoms with van der Waals surface area (Å²) in [5.41, 5.74) is 5.51. The second kappa shape index (κ2) is 8.11. The molecule has 0 saturated carbocycles. The number of nitrogens with one attached hydrogen (secondary N) is 1. The van der Waals surface area contributed by atoms with Crippen LogP contribution in [0.2, 0.25) is 0 Å². The Morgan fingerprint density at radius 1 is 1.45 bits per heavy atom. The number of carbonyl (C=O) groups is 1. The van der Waals surface area contributed by atoms with E-state index in [1.807, 2.05) is 0 Å². The third kappa shape index (κ3) is 6.25. The van der Waals surface area contributed by atoms with Crippen molar-refractivity contribution in [1.29, 1.82) is 0 Å². The molecule has 0 aliphatic carbocycles. The molecule has 0 heterocycles. The molecule has 0 aliphatic heterocycles. The number of halogens is 4. The maximum Gasteiger partial charge on any atom is 0.277 e. The van der Waals surface area contributed by atoms with E-state index in [-0.39, 0.29) is 30.6 Å². The van der Waals surface area contributed by atoms with Gasteiger partial charge in [0.05, 0.1) is 13.1 Å². The van der Waals surface area contributed by atoms with E-state index in [9.17, 15) is 18.0 Å². The molecular formula is C13H18ClF3N2O. The predicted octanol–water partition coefficient (Wildman–Crippen LogP) is 2.45. The van der Waals surface area contributed by atoms with Gasteiger partial charge in [0.1, 0.15) is 5.82 Å². The van der Waals surface area contributed by atoms with E-state index < -0.39 is 24.9 Å². The topological polar surface area (TPSA) is 55.1 Å². The smallest absolute Gasteiger partial charge is 0.277 e. The van der Waals surface area contributed by atoms with Gasteiger partial charge in [0.15, 0.2) is 0 Å². The summed E-state index contributed by atoms with van der Waals surface area (Å²) in [6, 6.07) is 5.86. The van der Waals surface area contributed by atoms with E-state index >= 15 is 0 Å². The molecule has 1 rings (SSSR count). The molecule has 1 aromatic carbocycles. The summed E-state index contributed by atoms with van der Waals surface area (Å²) < 4.78 is 38.7. The fourth-order valence-corrected chi connectivity index (χ4v) is 1.58. The fraction of sp³-hybridized carbons (Fsp3) is 0.462. The second-order valence-corrected chi connectivity index (χ2v) is 4.50. The van der Waals surface area contributed by atoms with Gasteiger partial charge in [-0.25, -0.2) is 13.2 Å². The molecule has 0 saturated heterocycles. The zero-order valence-corrected chi connectivity index (χ0v) is 11.9. The summed E-state index contributed by atoms with van der Waals surface area (Å²) in [5.74, 6) is -4.25. The van der Waals surface area contributed by atoms with Crippen molar-refractivity contribution in [2.45, 2.75) is 25.2 Å². The summed E-state index contributed by atoms with van der Waals surface area (Å²) in [4.78, 5) is 11.5. The molecule has 0 spiro atoms. The number of alkyl halides is 2. The van der Waals surface area contributed by atoms with Crippen LogP contribution >= 0.6 is 12.4 Å². The minimum atomic E-state index is -3.10. The van der Waals surface area contributed by atoms with Crippen LogP contribution in [0.15, 0.2) is 24.3 Å². The highest BCUT2D eigenvalue weighted by Gasteiger charge is 2.27. The van der Waals surface area contributed by atoms with Crippen molar-refractivity contribution in [3.63, 3.8) is 0 Å². The van der Waals surface area contributed by atoms with Crippen LogP contribution in [0.3, 0.4) is 0 Å². The van der Waals surface area contributed by atoms with Gasteiger partial charge >= 0.3 is 0 Å². The highest BCUT2D eigenvalue weighted by molar-refractivity contribution is 5.85. The van der Waals surface area contributed by atoms with E-state index in [2.05, 4.69) is 5.32 Å². The maximum absolute atomic E-state index is 13.0. The van der Waals surface area contributed by atoms with Crippen LogP contribution in [-0.4, -0.2) is 24.9 Å². The van der Waals surface area contributed by atoms with E-state index in [4.69, 9.17) is 5.73 Å². The number of carbonyl (C=O) groups excluding carboxylic acids is 1. The number of nitrogens with two attached hydrogens (primary N) is 1. The fourth-order valence-electron chi connectivity index (χ4n) is 1.58. The van der Waals surface area contributed by atoms with Gasteiger partial charge in [-0.3, -0.25) is 4.79 Å². The van der Waals surface area contributed by atoms with E-state index in [1.165, 1.54) is 12.1 Å². The van der Waals surface area contributed by atoms with Gasteiger partial charge < -0.3 is 11.1 Å². The number of benzene rings is 1. The van der Waals surface area contributed by atoms with Crippen molar-refractivity contribution >= 4 is 18.3 Å². The molecule has 1 amide bonds. The molecule has 0 radical (unpaired) electrons. The molecule has 0 bridgehead atoms. The Balaban J connectivity index is 0.00000361. The first-order chi connectivity index (χ1) is 8.84. The molecule has 114 valence electrons. The third-order valence-corrected chi connectivity index (χ3v) is 2.75. The maximum atomic E-state index is 13.0. The van der Waals surface area contributed by atoms with Crippen LogP contribution in [0.25, 0.3) is 0 Å². The molecule has 0 aliphatic rings. The average Bonchev–Trinajstić information content (AvgIpc) is 2.36. The van der Waals surface area contributed by atoms with E-state index in [0.29, 0.717) is 5.56 Å². The molecule has 7 heteroatoms. The first-order valence-corrected chi connectivity index (χ1v) is 5.94. The normalized spacial score (nSPS) is 12.4. The van der Waals surface area contributed by atoms with Crippen LogP contribution in [0.4, 0.5) is 13.2 Å². The van der Waals surface area contributed by atoms with E-state index in [1.54, 1.807) is 19.1 Å². The van der Waals surface area contributed by atoms with Crippen LogP contribution in [-0.2, 0) is 4.79 Å². The first kappa shape index (κ1) is 18.7. The molecule has 20 heavy (non-hydrogen) atoms. The van der Waals surface area contributed by atoms with Gasteiger partial charge in [0.2, 0.25) is 5.91 Å². The Kier molecular flexibility index (Phi) is 7.60. The quantitative estimate of drug-likeness (QED) is 0.848. The molecule has 3 nitrogen and oxygen atoms in total. The molecule has 0 fully saturated rings. The molecule has 1 unspecified atom stereocenters. The van der Waals surface area contributed by atoms with Gasteiger partial charge in [-0.05, 0) is 23.6 Å². The van der Waals surface area contributed by atoms with Crippen LogP contribution < -0.4 is 11.1 Å². The number of hydrogen-bond acceptors (Lipinski definition) is 2. The Morgan fingerprint density at radius 3 is 2.65 bits per heavy atom. The number of hydrogen-bond donors (Lipinski definition) is 2. The summed E-state index contributed by atoms with van der Waals surface area (Å²) >= 11 is 0. The Labute approximate surface area is 122 Å². The Hall–Kier alpha value is -1.27. The highest BCUT2D eigenvalue weighted by Crippen LogP contribution is 2.19. The SMILES string of the molecule is CC(CC(=O)NCC(F)(F)CN)c1cccc(F)c1.Cl. The van der Waals surface area contributed by atoms with Crippen molar-refractivity contribution in [3.8, 4) is 0 Å². The third-order valence-electron chi connectivity index (χ3n) is 2.75. The molecular weight excluding hydrogens is 293 g/mol. The van der Waals surface area contributed by atoms with Crippen molar-refractivity contribution < 1.29 is 18.0 Å². The lowest BCUT2D eigenvalue weighted by Crippen LogP contribution is -2.41. The standard InChI is InChI=1S/C13H17F3N2O.ClH/c1-9(10-3-2-4-11(14)6-10)5-12(19)18-8-13(15,16)7-17;/h2-4,6,9H,5,7-8,17H2,1H3,(H,18,19);1H. The van der Waals surface area contributed by atoms with E-state index in [0.717, 1.165) is 0 Å². The van der Waals surface area contributed by atoms with Gasteiger partial charge in [-0.2, -0.15) is 0 Å². The van der Waals surface area contributed by atoms with Crippen LogP contribution in [0.1, 0.15) is 24.8 Å². The monoisotopic (exact) mass is 310 g/mol. The van der Waals surface area contributed by atoms with Crippen molar-refractivity contribution in [2.24, 2.45) is 5.73 Å². The largest absolute Gasteiger partial charge is 0.350 e. The van der Waals surface area contributed by atoms with Crippen LogP contribution in [0.5, 0.6) is 0 Å². The first-order valence-electron chi connectivity index (χ1n) is 5.94. The lowest BCUT2D eigenvalue weighted by molar-refractivity contribution is -0.123. The number of rotatable bonds is 6.